The summed E-state index contributed by atoms with van der Waals surface area (Å²) in [6.07, 6.45) is 4.06. The average molecular weight is 450 g/mol. The van der Waals surface area contributed by atoms with Crippen molar-refractivity contribution in [3.63, 3.8) is 0 Å². The second-order valence-corrected chi connectivity index (χ2v) is 13.1. The molecule has 6 nitrogen and oxygen atoms in total. The fraction of sp³-hybridized carbons (Fsp3) is 0.708. The number of hydrogen-bond acceptors (Lipinski definition) is 4. The number of sulfonamides is 1. The zero-order chi connectivity index (χ0) is 22.8. The van der Waals surface area contributed by atoms with Crippen molar-refractivity contribution < 1.29 is 13.2 Å². The van der Waals surface area contributed by atoms with Crippen LogP contribution in [0.1, 0.15) is 66.7 Å². The van der Waals surface area contributed by atoms with Crippen molar-refractivity contribution in [1.82, 2.24) is 4.72 Å². The van der Waals surface area contributed by atoms with Gasteiger partial charge in [0.2, 0.25) is 15.9 Å². The Kier molecular flexibility index (Phi) is 7.36. The van der Waals surface area contributed by atoms with E-state index in [-0.39, 0.29) is 17.9 Å². The maximum Gasteiger partial charge on any atom is 0.227 e. The number of rotatable bonds is 5. The van der Waals surface area contributed by atoms with Gasteiger partial charge in [0.1, 0.15) is 0 Å². The number of nitrogens with one attached hydrogen (secondary N) is 2. The first kappa shape index (κ1) is 24.1. The molecule has 31 heavy (non-hydrogen) atoms. The molecule has 7 heteroatoms. The second-order valence-electron chi connectivity index (χ2n) is 10.7. The molecule has 1 saturated heterocycles. The maximum absolute atomic E-state index is 12.7. The summed E-state index contributed by atoms with van der Waals surface area (Å²) in [5.74, 6) is 1.36. The Morgan fingerprint density at radius 3 is 2.03 bits per heavy atom. The topological polar surface area (TPSA) is 78.5 Å². The lowest BCUT2D eigenvalue weighted by Crippen LogP contribution is -2.46. The van der Waals surface area contributed by atoms with Crippen LogP contribution in [0.4, 0.5) is 11.4 Å². The highest BCUT2D eigenvalue weighted by Gasteiger charge is 2.34. The van der Waals surface area contributed by atoms with Gasteiger partial charge in [0.15, 0.2) is 0 Å². The van der Waals surface area contributed by atoms with E-state index in [0.717, 1.165) is 18.8 Å². The van der Waals surface area contributed by atoms with Crippen LogP contribution in [-0.4, -0.2) is 38.2 Å². The number of carbonyl (C=O) groups excluding carboxylic acids is 1. The van der Waals surface area contributed by atoms with E-state index in [0.29, 0.717) is 37.5 Å². The van der Waals surface area contributed by atoms with E-state index in [9.17, 15) is 13.2 Å². The molecule has 2 atom stereocenters. The fourth-order valence-electron chi connectivity index (χ4n) is 4.74. The van der Waals surface area contributed by atoms with Crippen LogP contribution in [0.2, 0.25) is 0 Å². The molecular formula is C24H39N3O3S. The Morgan fingerprint density at radius 1 is 0.968 bits per heavy atom. The van der Waals surface area contributed by atoms with Gasteiger partial charge in [-0.25, -0.2) is 13.1 Å². The van der Waals surface area contributed by atoms with Crippen molar-refractivity contribution in [2.24, 2.45) is 17.8 Å². The van der Waals surface area contributed by atoms with Gasteiger partial charge in [0.05, 0.1) is 4.75 Å². The lowest BCUT2D eigenvalue weighted by Gasteiger charge is -2.36. The molecule has 2 fully saturated rings. The van der Waals surface area contributed by atoms with Gasteiger partial charge < -0.3 is 10.2 Å². The maximum atomic E-state index is 12.7. The average Bonchev–Trinajstić information content (AvgIpc) is 2.67. The van der Waals surface area contributed by atoms with Crippen LogP contribution in [0.25, 0.3) is 0 Å². The molecule has 0 unspecified atom stereocenters. The molecule has 0 aromatic heterocycles. The molecule has 1 amide bonds. The Balaban J connectivity index is 1.50. The summed E-state index contributed by atoms with van der Waals surface area (Å²) < 4.78 is 26.7. The third kappa shape index (κ3) is 6.22. The van der Waals surface area contributed by atoms with Gasteiger partial charge in [0, 0.05) is 36.4 Å². The number of benzene rings is 1. The first-order valence-corrected chi connectivity index (χ1v) is 13.1. The molecule has 0 spiro atoms. The Bertz CT molecular complexity index is 843. The standard InChI is InChI=1S/C24H39N3O3S/c1-17-14-18(2)16-27(15-17)22-12-10-20(11-13-22)25-23(28)19-6-8-21(9-7-19)26-31(29,30)24(3,4)5/h10-13,17-19,21,26H,6-9,14-16H2,1-5H3,(H,25,28)/t17-,18+,19-,21-. The lowest BCUT2D eigenvalue weighted by atomic mass is 9.86. The third-order valence-electron chi connectivity index (χ3n) is 6.59. The molecule has 174 valence electrons. The van der Waals surface area contributed by atoms with Gasteiger partial charge in [-0.3, -0.25) is 4.79 Å². The number of hydrogen-bond donors (Lipinski definition) is 2. The van der Waals surface area contributed by atoms with Crippen LogP contribution < -0.4 is 14.9 Å². The van der Waals surface area contributed by atoms with Crippen LogP contribution in [-0.2, 0) is 14.8 Å². The SMILES string of the molecule is C[C@@H]1C[C@H](C)CN(c2ccc(NC(=O)[C@H]3CC[C@H](NS(=O)(=O)C(C)(C)C)CC3)cc2)C1. The first-order valence-electron chi connectivity index (χ1n) is 11.6. The van der Waals surface area contributed by atoms with Crippen LogP contribution in [0.3, 0.4) is 0 Å². The van der Waals surface area contributed by atoms with E-state index in [2.05, 4.69) is 40.9 Å². The van der Waals surface area contributed by atoms with Gasteiger partial charge in [-0.05, 0) is 89.0 Å². The minimum absolute atomic E-state index is 0.0325. The van der Waals surface area contributed by atoms with Crippen molar-refractivity contribution >= 4 is 27.3 Å². The molecule has 1 saturated carbocycles. The van der Waals surface area contributed by atoms with E-state index in [1.54, 1.807) is 20.8 Å². The molecule has 1 aromatic rings. The molecular weight excluding hydrogens is 410 g/mol. The van der Waals surface area contributed by atoms with Gasteiger partial charge in [0.25, 0.3) is 0 Å². The first-order chi connectivity index (χ1) is 14.4. The molecule has 1 aliphatic carbocycles. The van der Waals surface area contributed by atoms with E-state index in [1.165, 1.54) is 12.1 Å². The fourth-order valence-corrected chi connectivity index (χ4v) is 5.77. The zero-order valence-corrected chi connectivity index (χ0v) is 20.5. The molecule has 1 aromatic carbocycles. The van der Waals surface area contributed by atoms with E-state index in [4.69, 9.17) is 0 Å². The second kappa shape index (κ2) is 9.49. The third-order valence-corrected chi connectivity index (χ3v) is 8.85. The van der Waals surface area contributed by atoms with E-state index < -0.39 is 14.8 Å². The summed E-state index contributed by atoms with van der Waals surface area (Å²) in [6.45, 7) is 11.9. The van der Waals surface area contributed by atoms with Crippen LogP contribution in [0.5, 0.6) is 0 Å². The van der Waals surface area contributed by atoms with E-state index >= 15 is 0 Å². The summed E-state index contributed by atoms with van der Waals surface area (Å²) in [6, 6.07) is 8.08. The number of carbonyl (C=O) groups is 1. The molecule has 0 radical (unpaired) electrons. The highest BCUT2D eigenvalue weighted by atomic mass is 32.2. The summed E-state index contributed by atoms with van der Waals surface area (Å²) in [5, 5.41) is 3.05. The monoisotopic (exact) mass is 449 g/mol. The Hall–Kier alpha value is -1.60. The highest BCUT2D eigenvalue weighted by Crippen LogP contribution is 2.29. The lowest BCUT2D eigenvalue weighted by molar-refractivity contribution is -0.120. The normalized spacial score (nSPS) is 27.7. The predicted octanol–water partition coefficient (Wildman–Crippen LogP) is 4.38. The van der Waals surface area contributed by atoms with E-state index in [1.807, 2.05) is 12.1 Å². The quantitative estimate of drug-likeness (QED) is 0.699. The molecule has 3 rings (SSSR count). The van der Waals surface area contributed by atoms with Gasteiger partial charge in [-0.15, -0.1) is 0 Å². The van der Waals surface area contributed by atoms with Gasteiger partial charge in [-0.2, -0.15) is 0 Å². The largest absolute Gasteiger partial charge is 0.371 e. The number of nitrogens with zero attached hydrogens (tertiary/aromatic N) is 1. The van der Waals surface area contributed by atoms with Crippen LogP contribution in [0, 0.1) is 17.8 Å². The zero-order valence-electron chi connectivity index (χ0n) is 19.6. The molecule has 2 N–H and O–H groups in total. The number of piperidine rings is 1. The van der Waals surface area contributed by atoms with Gasteiger partial charge >= 0.3 is 0 Å². The summed E-state index contributed by atoms with van der Waals surface area (Å²) >= 11 is 0. The number of anilines is 2. The number of amides is 1. The van der Waals surface area contributed by atoms with Crippen molar-refractivity contribution in [2.45, 2.75) is 77.5 Å². The predicted molar refractivity (Wildman–Crippen MR) is 128 cm³/mol. The van der Waals surface area contributed by atoms with Crippen molar-refractivity contribution in [2.75, 3.05) is 23.3 Å². The van der Waals surface area contributed by atoms with Gasteiger partial charge in [-0.1, -0.05) is 13.8 Å². The molecule has 2 aliphatic rings. The minimum Gasteiger partial charge on any atom is -0.371 e. The Morgan fingerprint density at radius 2 is 1.52 bits per heavy atom. The Labute approximate surface area is 188 Å². The summed E-state index contributed by atoms with van der Waals surface area (Å²) in [7, 11) is -3.36. The van der Waals surface area contributed by atoms with Crippen molar-refractivity contribution in [3.8, 4) is 0 Å². The summed E-state index contributed by atoms with van der Waals surface area (Å²) in [4.78, 5) is 15.2. The molecule has 1 aliphatic heterocycles. The summed E-state index contributed by atoms with van der Waals surface area (Å²) in [5.41, 5.74) is 2.03. The minimum atomic E-state index is -3.36. The van der Waals surface area contributed by atoms with Crippen LogP contribution in [0.15, 0.2) is 24.3 Å². The highest BCUT2D eigenvalue weighted by molar-refractivity contribution is 7.90. The molecule has 0 bridgehead atoms. The molecule has 1 heterocycles. The van der Waals surface area contributed by atoms with Crippen molar-refractivity contribution in [3.05, 3.63) is 24.3 Å². The smallest absolute Gasteiger partial charge is 0.227 e. The van der Waals surface area contributed by atoms with Crippen LogP contribution >= 0.6 is 0 Å². The van der Waals surface area contributed by atoms with Crippen molar-refractivity contribution in [1.29, 1.82) is 0 Å².